The first-order chi connectivity index (χ1) is 5.71. The van der Waals surface area contributed by atoms with Crippen LogP contribution >= 0.6 is 11.8 Å². The summed E-state index contributed by atoms with van der Waals surface area (Å²) in [7, 11) is 0. The predicted molar refractivity (Wildman–Crippen MR) is 56.4 cm³/mol. The normalized spacial score (nSPS) is 12.0. The zero-order valence-electron chi connectivity index (χ0n) is 8.81. The van der Waals surface area contributed by atoms with Gasteiger partial charge in [-0.15, -0.1) is 0 Å². The van der Waals surface area contributed by atoms with Gasteiger partial charge in [-0.05, 0) is 37.5 Å². The van der Waals surface area contributed by atoms with Crippen LogP contribution in [0.3, 0.4) is 0 Å². The Hall–Kier alpha value is 0.250. The van der Waals surface area contributed by atoms with Crippen LogP contribution < -0.4 is 0 Å². The second-order valence-electron chi connectivity index (χ2n) is 3.28. The van der Waals surface area contributed by atoms with Crippen LogP contribution in [0.15, 0.2) is 0 Å². The van der Waals surface area contributed by atoms with Gasteiger partial charge in [-0.25, -0.2) is 4.42 Å². The van der Waals surface area contributed by atoms with E-state index in [0.29, 0.717) is 12.1 Å². The first-order valence-corrected chi connectivity index (χ1v) is 5.48. The number of hydrogen-bond donors (Lipinski definition) is 0. The van der Waals surface area contributed by atoms with Crippen LogP contribution in [0, 0.1) is 0 Å². The highest BCUT2D eigenvalue weighted by atomic mass is 35.5. The van der Waals surface area contributed by atoms with Crippen molar-refractivity contribution in [3.63, 3.8) is 0 Å². The largest absolute Gasteiger partial charge is 0.214 e. The van der Waals surface area contributed by atoms with Gasteiger partial charge in [0.1, 0.15) is 0 Å². The molecule has 0 aromatic heterocycles. The van der Waals surface area contributed by atoms with Crippen molar-refractivity contribution in [2.75, 3.05) is 0 Å². The number of hydrogen-bond acceptors (Lipinski definition) is 1. The lowest BCUT2D eigenvalue weighted by Gasteiger charge is -2.30. The lowest BCUT2D eigenvalue weighted by atomic mass is 10.1. The highest BCUT2D eigenvalue weighted by Crippen LogP contribution is 2.19. The maximum Gasteiger partial charge on any atom is 0.0249 e. The molecule has 1 nitrogen and oxygen atoms in total. The Morgan fingerprint density at radius 1 is 0.833 bits per heavy atom. The van der Waals surface area contributed by atoms with Crippen molar-refractivity contribution >= 4 is 11.8 Å². The third-order valence-corrected chi connectivity index (χ3v) is 3.13. The maximum atomic E-state index is 6.25. The molecule has 0 bridgehead atoms. The van der Waals surface area contributed by atoms with Gasteiger partial charge >= 0.3 is 0 Å². The molecule has 0 aliphatic carbocycles. The van der Waals surface area contributed by atoms with E-state index >= 15 is 0 Å². The first kappa shape index (κ1) is 12.2. The van der Waals surface area contributed by atoms with Gasteiger partial charge in [0.05, 0.1) is 0 Å². The zero-order valence-corrected chi connectivity index (χ0v) is 9.56. The molecule has 0 unspecified atom stereocenters. The van der Waals surface area contributed by atoms with E-state index in [4.69, 9.17) is 11.8 Å². The summed E-state index contributed by atoms with van der Waals surface area (Å²) < 4.78 is 2.03. The number of rotatable bonds is 6. The summed E-state index contributed by atoms with van der Waals surface area (Å²) in [5, 5.41) is 0. The predicted octanol–water partition coefficient (Wildman–Crippen LogP) is 3.82. The Bertz CT molecular complexity index is 86.0. The molecule has 2 heteroatoms. The Balaban J connectivity index is 4.02. The number of halogens is 1. The van der Waals surface area contributed by atoms with Crippen LogP contribution in [0.2, 0.25) is 0 Å². The van der Waals surface area contributed by atoms with Crippen LogP contribution in [-0.2, 0) is 0 Å². The summed E-state index contributed by atoms with van der Waals surface area (Å²) in [6.07, 6.45) is 4.60. The standard InChI is InChI=1S/C10H22ClN/c1-5-9(6-2)12(11)10(7-3)8-4/h9-10H,5-8H2,1-4H3. The van der Waals surface area contributed by atoms with Gasteiger partial charge in [0.15, 0.2) is 0 Å². The van der Waals surface area contributed by atoms with E-state index in [1.165, 1.54) is 0 Å². The third kappa shape index (κ3) is 3.32. The van der Waals surface area contributed by atoms with Crippen molar-refractivity contribution in [2.24, 2.45) is 0 Å². The molecule has 0 aliphatic rings. The van der Waals surface area contributed by atoms with Gasteiger partial charge in [0.2, 0.25) is 0 Å². The first-order valence-electron chi connectivity index (χ1n) is 5.15. The zero-order chi connectivity index (χ0) is 9.56. The molecule has 0 saturated heterocycles. The minimum Gasteiger partial charge on any atom is -0.214 e. The van der Waals surface area contributed by atoms with Gasteiger partial charge in [-0.1, -0.05) is 27.7 Å². The fraction of sp³-hybridized carbons (Fsp3) is 1.00. The van der Waals surface area contributed by atoms with Gasteiger partial charge < -0.3 is 0 Å². The van der Waals surface area contributed by atoms with Crippen molar-refractivity contribution < 1.29 is 0 Å². The third-order valence-electron chi connectivity index (χ3n) is 2.58. The second-order valence-corrected chi connectivity index (χ2v) is 3.68. The molecule has 0 saturated carbocycles. The van der Waals surface area contributed by atoms with E-state index in [-0.39, 0.29) is 0 Å². The second kappa shape index (κ2) is 6.73. The molecule has 0 heterocycles. The topological polar surface area (TPSA) is 3.24 Å². The van der Waals surface area contributed by atoms with E-state index in [1.807, 2.05) is 4.42 Å². The Morgan fingerprint density at radius 3 is 1.25 bits per heavy atom. The summed E-state index contributed by atoms with van der Waals surface area (Å²) >= 11 is 6.25. The van der Waals surface area contributed by atoms with Gasteiger partial charge in [0, 0.05) is 12.1 Å². The summed E-state index contributed by atoms with van der Waals surface area (Å²) in [4.78, 5) is 0. The molecule has 0 aliphatic heterocycles. The van der Waals surface area contributed by atoms with Crippen molar-refractivity contribution in [2.45, 2.75) is 65.5 Å². The van der Waals surface area contributed by atoms with E-state index < -0.39 is 0 Å². The molecule has 12 heavy (non-hydrogen) atoms. The van der Waals surface area contributed by atoms with E-state index in [0.717, 1.165) is 25.7 Å². The fourth-order valence-electron chi connectivity index (χ4n) is 1.57. The van der Waals surface area contributed by atoms with Crippen molar-refractivity contribution in [3.8, 4) is 0 Å². The molecular weight excluding hydrogens is 170 g/mol. The van der Waals surface area contributed by atoms with Crippen LogP contribution in [0.4, 0.5) is 0 Å². The molecule has 0 N–H and O–H groups in total. The monoisotopic (exact) mass is 191 g/mol. The van der Waals surface area contributed by atoms with Crippen molar-refractivity contribution in [3.05, 3.63) is 0 Å². The molecule has 0 atom stereocenters. The fourth-order valence-corrected chi connectivity index (χ4v) is 2.13. The lowest BCUT2D eigenvalue weighted by molar-refractivity contribution is 0.236. The molecule has 0 rings (SSSR count). The van der Waals surface area contributed by atoms with Gasteiger partial charge in [-0.2, -0.15) is 0 Å². The molecule has 0 radical (unpaired) electrons. The average Bonchev–Trinajstić information content (AvgIpc) is 2.09. The highest BCUT2D eigenvalue weighted by Gasteiger charge is 2.19. The number of nitrogens with zero attached hydrogens (tertiary/aromatic N) is 1. The minimum absolute atomic E-state index is 0.552. The average molecular weight is 192 g/mol. The van der Waals surface area contributed by atoms with E-state index in [1.54, 1.807) is 0 Å². The summed E-state index contributed by atoms with van der Waals surface area (Å²) in [5.41, 5.74) is 0. The lowest BCUT2D eigenvalue weighted by Crippen LogP contribution is -2.34. The van der Waals surface area contributed by atoms with Crippen LogP contribution in [0.1, 0.15) is 53.4 Å². The van der Waals surface area contributed by atoms with Crippen LogP contribution in [-0.4, -0.2) is 16.5 Å². The summed E-state index contributed by atoms with van der Waals surface area (Å²) in [5.74, 6) is 0. The van der Waals surface area contributed by atoms with Crippen LogP contribution in [0.25, 0.3) is 0 Å². The quantitative estimate of drug-likeness (QED) is 0.577. The van der Waals surface area contributed by atoms with Gasteiger partial charge in [0.25, 0.3) is 0 Å². The van der Waals surface area contributed by atoms with E-state index in [2.05, 4.69) is 27.7 Å². The van der Waals surface area contributed by atoms with Gasteiger partial charge in [-0.3, -0.25) is 0 Å². The molecule has 74 valence electrons. The van der Waals surface area contributed by atoms with Crippen molar-refractivity contribution in [1.82, 2.24) is 4.42 Å². The summed E-state index contributed by atoms with van der Waals surface area (Å²) in [6.45, 7) is 8.80. The molecule has 0 amide bonds. The minimum atomic E-state index is 0.552. The van der Waals surface area contributed by atoms with Crippen LogP contribution in [0.5, 0.6) is 0 Å². The highest BCUT2D eigenvalue weighted by molar-refractivity contribution is 6.13. The molecule has 0 aromatic rings. The molecule has 0 fully saturated rings. The van der Waals surface area contributed by atoms with E-state index in [9.17, 15) is 0 Å². The Morgan fingerprint density at radius 2 is 1.08 bits per heavy atom. The molecule has 0 aromatic carbocycles. The molecule has 0 spiro atoms. The summed E-state index contributed by atoms with van der Waals surface area (Å²) in [6, 6.07) is 1.10. The SMILES string of the molecule is CCC(CC)N(Cl)C(CC)CC. The Labute approximate surface area is 82.2 Å². The Kier molecular flexibility index (Phi) is 6.87. The molecular formula is C10H22ClN. The van der Waals surface area contributed by atoms with Crippen molar-refractivity contribution in [1.29, 1.82) is 0 Å². The maximum absolute atomic E-state index is 6.25. The smallest absolute Gasteiger partial charge is 0.0249 e.